The Hall–Kier alpha value is -1.26. The molecule has 1 N–H and O–H groups in total. The van der Waals surface area contributed by atoms with Gasteiger partial charge in [-0.3, -0.25) is 4.98 Å². The van der Waals surface area contributed by atoms with Gasteiger partial charge in [0.15, 0.2) is 0 Å². The summed E-state index contributed by atoms with van der Waals surface area (Å²) in [5, 5.41) is 3.30. The molecule has 2 aromatic rings. The molecule has 100 valence electrons. The van der Waals surface area contributed by atoms with E-state index in [9.17, 15) is 4.39 Å². The van der Waals surface area contributed by atoms with Crippen LogP contribution in [-0.4, -0.2) is 4.98 Å². The number of aromatic nitrogens is 1. The Kier molecular flexibility index (Phi) is 4.66. The molecule has 0 aliphatic carbocycles. The van der Waals surface area contributed by atoms with Crippen LogP contribution in [0, 0.1) is 12.7 Å². The first-order valence-corrected chi connectivity index (χ1v) is 6.96. The lowest BCUT2D eigenvalue weighted by Gasteiger charge is -2.15. The summed E-state index contributed by atoms with van der Waals surface area (Å²) in [5.41, 5.74) is 2.79. The van der Waals surface area contributed by atoms with Gasteiger partial charge in [-0.25, -0.2) is 4.39 Å². The molecule has 0 spiro atoms. The third-order valence-corrected chi connectivity index (χ3v) is 3.62. The molecule has 0 bridgehead atoms. The Bertz CT molecular complexity index is 572. The van der Waals surface area contributed by atoms with Crippen LogP contribution in [0.4, 0.5) is 4.39 Å². The first-order chi connectivity index (χ1) is 9.08. The number of nitrogens with one attached hydrogen (secondary N) is 1. The maximum atomic E-state index is 13.8. The Morgan fingerprint density at radius 1 is 1.37 bits per heavy atom. The lowest BCUT2D eigenvalue weighted by molar-refractivity contribution is 0.523. The van der Waals surface area contributed by atoms with E-state index in [0.717, 1.165) is 15.7 Å². The number of pyridine rings is 1. The fraction of sp³-hybridized carbons (Fsp3) is 0.267. The van der Waals surface area contributed by atoms with Gasteiger partial charge in [-0.05, 0) is 37.6 Å². The predicted molar refractivity (Wildman–Crippen MR) is 78.3 cm³/mol. The summed E-state index contributed by atoms with van der Waals surface area (Å²) in [7, 11) is 0. The van der Waals surface area contributed by atoms with Crippen LogP contribution >= 0.6 is 15.9 Å². The molecule has 1 heterocycles. The van der Waals surface area contributed by atoms with Gasteiger partial charge in [0, 0.05) is 28.8 Å². The van der Waals surface area contributed by atoms with E-state index in [2.05, 4.69) is 26.2 Å². The quantitative estimate of drug-likeness (QED) is 0.915. The van der Waals surface area contributed by atoms with Gasteiger partial charge in [-0.1, -0.05) is 28.1 Å². The van der Waals surface area contributed by atoms with Crippen molar-refractivity contribution in [2.45, 2.75) is 26.4 Å². The van der Waals surface area contributed by atoms with E-state index in [4.69, 9.17) is 0 Å². The van der Waals surface area contributed by atoms with Gasteiger partial charge in [-0.2, -0.15) is 0 Å². The maximum Gasteiger partial charge on any atom is 0.129 e. The lowest BCUT2D eigenvalue weighted by Crippen LogP contribution is -2.20. The Morgan fingerprint density at radius 3 is 2.84 bits per heavy atom. The van der Waals surface area contributed by atoms with Gasteiger partial charge >= 0.3 is 0 Å². The van der Waals surface area contributed by atoms with E-state index < -0.39 is 0 Å². The van der Waals surface area contributed by atoms with Crippen molar-refractivity contribution in [3.8, 4) is 0 Å². The van der Waals surface area contributed by atoms with Crippen molar-refractivity contribution in [1.82, 2.24) is 10.3 Å². The predicted octanol–water partition coefficient (Wildman–Crippen LogP) is 4.14. The van der Waals surface area contributed by atoms with Crippen LogP contribution in [0.5, 0.6) is 0 Å². The molecule has 1 aromatic heterocycles. The molecule has 1 atom stereocenters. The average Bonchev–Trinajstić information content (AvgIpc) is 2.37. The van der Waals surface area contributed by atoms with Gasteiger partial charge in [-0.15, -0.1) is 0 Å². The standard InChI is InChI=1S/C15H16BrFN2/c1-10-4-3-7-18-15(10)9-19-11(2)13-6-5-12(16)8-14(13)17/h3-8,11,19H,9H2,1-2H3. The molecule has 19 heavy (non-hydrogen) atoms. The Labute approximate surface area is 121 Å². The second kappa shape index (κ2) is 6.26. The van der Waals surface area contributed by atoms with Gasteiger partial charge in [0.2, 0.25) is 0 Å². The van der Waals surface area contributed by atoms with Crippen LogP contribution in [0.3, 0.4) is 0 Å². The topological polar surface area (TPSA) is 24.9 Å². The number of halogens is 2. The third-order valence-electron chi connectivity index (χ3n) is 3.12. The molecule has 2 nitrogen and oxygen atoms in total. The van der Waals surface area contributed by atoms with Crippen molar-refractivity contribution in [3.05, 3.63) is 63.6 Å². The first kappa shape index (κ1) is 14.2. The van der Waals surface area contributed by atoms with E-state index in [-0.39, 0.29) is 11.9 Å². The van der Waals surface area contributed by atoms with E-state index in [1.165, 1.54) is 6.07 Å². The Morgan fingerprint density at radius 2 is 2.16 bits per heavy atom. The highest BCUT2D eigenvalue weighted by Gasteiger charge is 2.11. The van der Waals surface area contributed by atoms with Crippen molar-refractivity contribution in [2.75, 3.05) is 0 Å². The number of nitrogens with zero attached hydrogens (tertiary/aromatic N) is 1. The summed E-state index contributed by atoms with van der Waals surface area (Å²) in [4.78, 5) is 4.32. The minimum atomic E-state index is -0.202. The minimum Gasteiger partial charge on any atom is -0.304 e. The van der Waals surface area contributed by atoms with Crippen molar-refractivity contribution in [3.63, 3.8) is 0 Å². The molecule has 0 radical (unpaired) electrons. The molecule has 2 rings (SSSR count). The number of benzene rings is 1. The number of rotatable bonds is 4. The summed E-state index contributed by atoms with van der Waals surface area (Å²) < 4.78 is 14.6. The van der Waals surface area contributed by atoms with Gasteiger partial charge in [0.05, 0.1) is 5.69 Å². The van der Waals surface area contributed by atoms with Crippen LogP contribution in [-0.2, 0) is 6.54 Å². The zero-order valence-corrected chi connectivity index (χ0v) is 12.5. The van der Waals surface area contributed by atoms with Crippen LogP contribution in [0.15, 0.2) is 41.0 Å². The number of hydrogen-bond donors (Lipinski definition) is 1. The molecule has 0 amide bonds. The third kappa shape index (κ3) is 3.61. The smallest absolute Gasteiger partial charge is 0.129 e. The molecule has 0 aliphatic heterocycles. The summed E-state index contributed by atoms with van der Waals surface area (Å²) >= 11 is 3.26. The lowest BCUT2D eigenvalue weighted by atomic mass is 10.1. The van der Waals surface area contributed by atoms with Crippen molar-refractivity contribution >= 4 is 15.9 Å². The SMILES string of the molecule is Cc1cccnc1CNC(C)c1ccc(Br)cc1F. The van der Waals surface area contributed by atoms with Gasteiger partial charge in [0.1, 0.15) is 5.82 Å². The van der Waals surface area contributed by atoms with Gasteiger partial charge < -0.3 is 5.32 Å². The fourth-order valence-corrected chi connectivity index (χ4v) is 2.25. The van der Waals surface area contributed by atoms with E-state index in [1.54, 1.807) is 12.3 Å². The molecule has 1 aromatic carbocycles. The van der Waals surface area contributed by atoms with Gasteiger partial charge in [0.25, 0.3) is 0 Å². The summed E-state index contributed by atoms with van der Waals surface area (Å²) in [5.74, 6) is -0.202. The zero-order valence-electron chi connectivity index (χ0n) is 11.0. The van der Waals surface area contributed by atoms with Crippen LogP contribution in [0.2, 0.25) is 0 Å². The Balaban J connectivity index is 2.05. The zero-order chi connectivity index (χ0) is 13.8. The molecular formula is C15H16BrFN2. The first-order valence-electron chi connectivity index (χ1n) is 6.16. The van der Waals surface area contributed by atoms with Crippen molar-refractivity contribution < 1.29 is 4.39 Å². The second-order valence-corrected chi connectivity index (χ2v) is 5.45. The average molecular weight is 323 g/mol. The molecule has 4 heteroatoms. The molecule has 0 fully saturated rings. The molecule has 0 aliphatic rings. The van der Waals surface area contributed by atoms with Crippen molar-refractivity contribution in [2.24, 2.45) is 0 Å². The number of aryl methyl sites for hydroxylation is 1. The minimum absolute atomic E-state index is 0.0606. The largest absolute Gasteiger partial charge is 0.304 e. The monoisotopic (exact) mass is 322 g/mol. The maximum absolute atomic E-state index is 13.8. The van der Waals surface area contributed by atoms with E-state index >= 15 is 0 Å². The highest BCUT2D eigenvalue weighted by molar-refractivity contribution is 9.10. The summed E-state index contributed by atoms with van der Waals surface area (Å²) in [6.07, 6.45) is 1.77. The molecular weight excluding hydrogens is 307 g/mol. The van der Waals surface area contributed by atoms with Crippen LogP contribution in [0.25, 0.3) is 0 Å². The van der Waals surface area contributed by atoms with E-state index in [1.807, 2.05) is 32.0 Å². The summed E-state index contributed by atoms with van der Waals surface area (Å²) in [6, 6.07) is 9.00. The second-order valence-electron chi connectivity index (χ2n) is 4.54. The normalized spacial score (nSPS) is 12.4. The summed E-state index contributed by atoms with van der Waals surface area (Å²) in [6.45, 7) is 4.60. The van der Waals surface area contributed by atoms with E-state index in [0.29, 0.717) is 12.1 Å². The fourth-order valence-electron chi connectivity index (χ4n) is 1.92. The highest BCUT2D eigenvalue weighted by atomic mass is 79.9. The van der Waals surface area contributed by atoms with Crippen LogP contribution in [0.1, 0.15) is 29.8 Å². The molecule has 0 saturated heterocycles. The van der Waals surface area contributed by atoms with Crippen molar-refractivity contribution in [1.29, 1.82) is 0 Å². The number of hydrogen-bond acceptors (Lipinski definition) is 2. The molecule has 1 unspecified atom stereocenters. The molecule has 0 saturated carbocycles. The van der Waals surface area contributed by atoms with Crippen LogP contribution < -0.4 is 5.32 Å². The highest BCUT2D eigenvalue weighted by Crippen LogP contribution is 2.21.